The van der Waals surface area contributed by atoms with Crippen molar-refractivity contribution in [2.24, 2.45) is 0 Å². The molecule has 0 radical (unpaired) electrons. The van der Waals surface area contributed by atoms with Crippen LogP contribution >= 0.6 is 15.9 Å². The summed E-state index contributed by atoms with van der Waals surface area (Å²) in [5.41, 5.74) is 3.33. The summed E-state index contributed by atoms with van der Waals surface area (Å²) < 4.78 is 1.06. The molecule has 0 spiro atoms. The Morgan fingerprint density at radius 3 is 2.58 bits per heavy atom. The van der Waals surface area contributed by atoms with Crippen molar-refractivity contribution >= 4 is 27.5 Å². The Morgan fingerprint density at radius 2 is 1.79 bits per heavy atom. The van der Waals surface area contributed by atoms with Gasteiger partial charge in [-0.1, -0.05) is 52.3 Å². The molecule has 19 heavy (non-hydrogen) atoms. The maximum atomic E-state index is 12.4. The average molecular weight is 316 g/mol. The van der Waals surface area contributed by atoms with E-state index in [1.165, 1.54) is 5.56 Å². The van der Waals surface area contributed by atoms with Crippen LogP contribution < -0.4 is 4.90 Å². The summed E-state index contributed by atoms with van der Waals surface area (Å²) in [4.78, 5) is 14.1. The summed E-state index contributed by atoms with van der Waals surface area (Å²) in [6.45, 7) is 0. The minimum atomic E-state index is -0.0695. The fraction of sp³-hybridized carbons (Fsp3) is 0.188. The highest BCUT2D eigenvalue weighted by Crippen LogP contribution is 2.38. The second-order valence-corrected chi connectivity index (χ2v) is 5.66. The van der Waals surface area contributed by atoms with Gasteiger partial charge in [0.2, 0.25) is 5.91 Å². The zero-order valence-corrected chi connectivity index (χ0v) is 12.2. The summed E-state index contributed by atoms with van der Waals surface area (Å²) in [6, 6.07) is 16.1. The van der Waals surface area contributed by atoms with Crippen molar-refractivity contribution in [3.63, 3.8) is 0 Å². The topological polar surface area (TPSA) is 20.3 Å². The molecule has 0 fully saturated rings. The van der Waals surface area contributed by atoms with Crippen molar-refractivity contribution in [1.29, 1.82) is 0 Å². The Kier molecular flexibility index (Phi) is 3.15. The molecular weight excluding hydrogens is 302 g/mol. The van der Waals surface area contributed by atoms with Crippen molar-refractivity contribution in [2.45, 2.75) is 12.3 Å². The van der Waals surface area contributed by atoms with Crippen molar-refractivity contribution in [1.82, 2.24) is 0 Å². The van der Waals surface area contributed by atoms with E-state index in [1.54, 1.807) is 4.90 Å². The van der Waals surface area contributed by atoms with Gasteiger partial charge in [0.25, 0.3) is 0 Å². The third kappa shape index (κ3) is 2.08. The maximum absolute atomic E-state index is 12.4. The van der Waals surface area contributed by atoms with Crippen LogP contribution in [0.4, 0.5) is 5.69 Å². The standard InChI is InChI=1S/C16H14BrNO/c1-18-15-9-5-3-7-12(15)13(16(18)19)10-11-6-2-4-8-14(11)17/h2-9,13H,10H2,1H3. The third-order valence-electron chi connectivity index (χ3n) is 3.68. The van der Waals surface area contributed by atoms with Crippen LogP contribution in [0.5, 0.6) is 0 Å². The number of para-hydroxylation sites is 1. The van der Waals surface area contributed by atoms with Crippen molar-refractivity contribution < 1.29 is 4.79 Å². The van der Waals surface area contributed by atoms with Crippen LogP contribution in [-0.2, 0) is 11.2 Å². The molecule has 3 heteroatoms. The first kappa shape index (κ1) is 12.4. The molecule has 96 valence electrons. The Hall–Kier alpha value is -1.61. The highest BCUT2D eigenvalue weighted by Gasteiger charge is 2.34. The lowest BCUT2D eigenvalue weighted by molar-refractivity contribution is -0.119. The van der Waals surface area contributed by atoms with Gasteiger partial charge < -0.3 is 4.90 Å². The van der Waals surface area contributed by atoms with E-state index >= 15 is 0 Å². The highest BCUT2D eigenvalue weighted by molar-refractivity contribution is 9.10. The molecule has 2 aromatic carbocycles. The first-order chi connectivity index (χ1) is 9.18. The van der Waals surface area contributed by atoms with Crippen LogP contribution in [0.15, 0.2) is 53.0 Å². The summed E-state index contributed by atoms with van der Waals surface area (Å²) in [7, 11) is 1.85. The monoisotopic (exact) mass is 315 g/mol. The lowest BCUT2D eigenvalue weighted by Gasteiger charge is -2.12. The quantitative estimate of drug-likeness (QED) is 0.826. The number of hydrogen-bond acceptors (Lipinski definition) is 1. The van der Waals surface area contributed by atoms with Crippen molar-refractivity contribution in [3.8, 4) is 0 Å². The summed E-state index contributed by atoms with van der Waals surface area (Å²) in [6.07, 6.45) is 0.738. The normalized spacial score (nSPS) is 17.7. The molecular formula is C16H14BrNO. The van der Waals surface area contributed by atoms with Crippen molar-refractivity contribution in [3.05, 3.63) is 64.1 Å². The van der Waals surface area contributed by atoms with E-state index in [0.717, 1.165) is 22.1 Å². The molecule has 1 aliphatic heterocycles. The van der Waals surface area contributed by atoms with E-state index in [4.69, 9.17) is 0 Å². The number of likely N-dealkylation sites (N-methyl/N-ethyl adjacent to an activating group) is 1. The van der Waals surface area contributed by atoms with Gasteiger partial charge >= 0.3 is 0 Å². The zero-order chi connectivity index (χ0) is 13.4. The Bertz CT molecular complexity index is 638. The summed E-state index contributed by atoms with van der Waals surface area (Å²) in [5.74, 6) is 0.108. The number of nitrogens with zero attached hydrogens (tertiary/aromatic N) is 1. The molecule has 1 amide bonds. The number of halogens is 1. The van der Waals surface area contributed by atoms with Gasteiger partial charge in [-0.3, -0.25) is 4.79 Å². The third-order valence-corrected chi connectivity index (χ3v) is 4.46. The minimum Gasteiger partial charge on any atom is -0.315 e. The van der Waals surface area contributed by atoms with Gasteiger partial charge in [0, 0.05) is 17.2 Å². The molecule has 0 bridgehead atoms. The number of benzene rings is 2. The van der Waals surface area contributed by atoms with Crippen LogP contribution in [0.25, 0.3) is 0 Å². The second kappa shape index (κ2) is 4.82. The molecule has 1 unspecified atom stereocenters. The molecule has 0 saturated heterocycles. The van der Waals surface area contributed by atoms with Crippen LogP contribution in [0.3, 0.4) is 0 Å². The summed E-state index contributed by atoms with van der Waals surface area (Å²) in [5, 5.41) is 0. The Morgan fingerprint density at radius 1 is 1.11 bits per heavy atom. The molecule has 0 saturated carbocycles. The van der Waals surface area contributed by atoms with E-state index in [1.807, 2.05) is 43.4 Å². The highest BCUT2D eigenvalue weighted by atomic mass is 79.9. The van der Waals surface area contributed by atoms with E-state index in [0.29, 0.717) is 0 Å². The second-order valence-electron chi connectivity index (χ2n) is 4.80. The number of carbonyl (C=O) groups excluding carboxylic acids is 1. The van der Waals surface area contributed by atoms with Crippen LogP contribution in [-0.4, -0.2) is 13.0 Å². The van der Waals surface area contributed by atoms with Gasteiger partial charge in [0.15, 0.2) is 0 Å². The molecule has 0 aliphatic carbocycles. The van der Waals surface area contributed by atoms with Crippen LogP contribution in [0, 0.1) is 0 Å². The first-order valence-electron chi connectivity index (χ1n) is 6.28. The largest absolute Gasteiger partial charge is 0.315 e. The number of anilines is 1. The molecule has 1 heterocycles. The molecule has 2 nitrogen and oxygen atoms in total. The summed E-state index contributed by atoms with van der Waals surface area (Å²) >= 11 is 3.55. The van der Waals surface area contributed by atoms with E-state index in [-0.39, 0.29) is 11.8 Å². The lowest BCUT2D eigenvalue weighted by Crippen LogP contribution is -2.24. The number of hydrogen-bond donors (Lipinski definition) is 0. The van der Waals surface area contributed by atoms with Gasteiger partial charge in [-0.2, -0.15) is 0 Å². The number of fused-ring (bicyclic) bond motifs is 1. The van der Waals surface area contributed by atoms with Crippen LogP contribution in [0.1, 0.15) is 17.0 Å². The minimum absolute atomic E-state index is 0.0695. The lowest BCUT2D eigenvalue weighted by atomic mass is 9.93. The van der Waals surface area contributed by atoms with Gasteiger partial charge in [-0.15, -0.1) is 0 Å². The molecule has 1 aliphatic rings. The Balaban J connectivity index is 1.98. The number of carbonyl (C=O) groups is 1. The van der Waals surface area contributed by atoms with Gasteiger partial charge in [0.1, 0.15) is 0 Å². The average Bonchev–Trinajstić information content (AvgIpc) is 2.67. The van der Waals surface area contributed by atoms with E-state index in [2.05, 4.69) is 28.1 Å². The maximum Gasteiger partial charge on any atom is 0.234 e. The van der Waals surface area contributed by atoms with Gasteiger partial charge in [-0.05, 0) is 29.7 Å². The van der Waals surface area contributed by atoms with Gasteiger partial charge in [0.05, 0.1) is 5.92 Å². The van der Waals surface area contributed by atoms with E-state index < -0.39 is 0 Å². The first-order valence-corrected chi connectivity index (χ1v) is 7.07. The molecule has 2 aromatic rings. The zero-order valence-electron chi connectivity index (χ0n) is 10.6. The Labute approximate surface area is 121 Å². The fourth-order valence-corrected chi connectivity index (χ4v) is 3.10. The predicted molar refractivity (Wildman–Crippen MR) is 80.4 cm³/mol. The molecule has 3 rings (SSSR count). The van der Waals surface area contributed by atoms with Crippen molar-refractivity contribution in [2.75, 3.05) is 11.9 Å². The number of rotatable bonds is 2. The van der Waals surface area contributed by atoms with Gasteiger partial charge in [-0.25, -0.2) is 0 Å². The van der Waals surface area contributed by atoms with Crippen LogP contribution in [0.2, 0.25) is 0 Å². The molecule has 0 N–H and O–H groups in total. The fourth-order valence-electron chi connectivity index (χ4n) is 2.65. The SMILES string of the molecule is CN1C(=O)C(Cc2ccccc2Br)c2ccccc21. The number of amides is 1. The molecule has 1 atom stereocenters. The smallest absolute Gasteiger partial charge is 0.234 e. The predicted octanol–water partition coefficient (Wildman–Crippen LogP) is 3.75. The van der Waals surface area contributed by atoms with E-state index in [9.17, 15) is 4.79 Å². The molecule has 0 aromatic heterocycles.